The van der Waals surface area contributed by atoms with Crippen LogP contribution >= 0.6 is 0 Å². The SMILES string of the molecule is Cc1cnc2c(c1)NC(=O)CN2C(=O)NC(CC1(O)CCOCC1)c1ccc(OC(F)(F)F)cc1. The van der Waals surface area contributed by atoms with E-state index in [1.807, 2.05) is 0 Å². The van der Waals surface area contributed by atoms with E-state index in [1.54, 1.807) is 19.2 Å². The standard InChI is InChI=1S/C23H25F3N4O5/c1-14-10-17-20(27-12-14)30(13-19(31)28-17)21(32)29-18(11-22(33)6-8-34-9-7-22)15-2-4-16(5-3-15)35-23(24,25)26/h2-5,10,12,18,33H,6-9,11,13H2,1H3,(H,28,31)(H,29,32). The molecule has 1 unspecified atom stereocenters. The van der Waals surface area contributed by atoms with Crippen molar-refractivity contribution in [3.8, 4) is 5.75 Å². The fraction of sp³-hybridized carbons (Fsp3) is 0.435. The lowest BCUT2D eigenvalue weighted by atomic mass is 9.85. The van der Waals surface area contributed by atoms with Gasteiger partial charge in [-0.3, -0.25) is 9.69 Å². The van der Waals surface area contributed by atoms with Crippen molar-refractivity contribution in [1.82, 2.24) is 10.3 Å². The number of anilines is 2. The molecule has 1 saturated heterocycles. The van der Waals surface area contributed by atoms with E-state index in [4.69, 9.17) is 4.74 Å². The van der Waals surface area contributed by atoms with Gasteiger partial charge in [0, 0.05) is 25.8 Å². The molecule has 35 heavy (non-hydrogen) atoms. The molecule has 12 heteroatoms. The van der Waals surface area contributed by atoms with E-state index in [-0.39, 0.29) is 18.8 Å². The van der Waals surface area contributed by atoms with Crippen LogP contribution in [0.1, 0.15) is 36.4 Å². The third-order valence-corrected chi connectivity index (χ3v) is 5.90. The summed E-state index contributed by atoms with van der Waals surface area (Å²) in [5.74, 6) is -0.532. The maximum absolute atomic E-state index is 13.3. The summed E-state index contributed by atoms with van der Waals surface area (Å²) in [6, 6.07) is 5.37. The highest BCUT2D eigenvalue weighted by Gasteiger charge is 2.36. The number of aryl methyl sites for hydroxylation is 1. The Kier molecular flexibility index (Phi) is 6.86. The molecule has 1 fully saturated rings. The Bertz CT molecular complexity index is 1090. The van der Waals surface area contributed by atoms with Crippen LogP contribution in [0.15, 0.2) is 36.5 Å². The van der Waals surface area contributed by atoms with Crippen molar-refractivity contribution in [1.29, 1.82) is 0 Å². The minimum absolute atomic E-state index is 0.0931. The minimum atomic E-state index is -4.83. The molecule has 188 valence electrons. The van der Waals surface area contributed by atoms with Crippen LogP contribution in [-0.2, 0) is 9.53 Å². The van der Waals surface area contributed by atoms with Crippen molar-refractivity contribution >= 4 is 23.4 Å². The average Bonchev–Trinajstić information content (AvgIpc) is 2.77. The lowest BCUT2D eigenvalue weighted by Gasteiger charge is -2.36. The van der Waals surface area contributed by atoms with Gasteiger partial charge in [0.25, 0.3) is 0 Å². The van der Waals surface area contributed by atoms with Gasteiger partial charge in [0.05, 0.1) is 17.3 Å². The molecule has 3 heterocycles. The molecule has 1 atom stereocenters. The fourth-order valence-electron chi connectivity index (χ4n) is 4.16. The van der Waals surface area contributed by atoms with Crippen LogP contribution in [0.4, 0.5) is 29.5 Å². The number of hydrogen-bond donors (Lipinski definition) is 3. The zero-order valence-electron chi connectivity index (χ0n) is 18.9. The van der Waals surface area contributed by atoms with E-state index in [0.717, 1.165) is 17.7 Å². The first-order valence-corrected chi connectivity index (χ1v) is 11.0. The Balaban J connectivity index is 1.59. The van der Waals surface area contributed by atoms with Gasteiger partial charge >= 0.3 is 12.4 Å². The van der Waals surface area contributed by atoms with Crippen LogP contribution in [0.25, 0.3) is 0 Å². The number of fused-ring (bicyclic) bond motifs is 1. The summed E-state index contributed by atoms with van der Waals surface area (Å²) in [4.78, 5) is 31.0. The highest BCUT2D eigenvalue weighted by Crippen LogP contribution is 2.34. The van der Waals surface area contributed by atoms with Crippen LogP contribution in [0.2, 0.25) is 0 Å². The first-order valence-electron chi connectivity index (χ1n) is 11.0. The van der Waals surface area contributed by atoms with Crippen LogP contribution in [-0.4, -0.2) is 53.8 Å². The molecule has 0 saturated carbocycles. The summed E-state index contributed by atoms with van der Waals surface area (Å²) in [6.45, 7) is 2.23. The van der Waals surface area contributed by atoms with E-state index in [0.29, 0.717) is 37.3 Å². The van der Waals surface area contributed by atoms with Crippen LogP contribution < -0.4 is 20.3 Å². The molecule has 3 amide bonds. The lowest BCUT2D eigenvalue weighted by Crippen LogP contribution is -2.50. The summed E-state index contributed by atoms with van der Waals surface area (Å²) < 4.78 is 46.9. The number of amides is 3. The number of pyridine rings is 1. The van der Waals surface area contributed by atoms with Crippen LogP contribution in [0, 0.1) is 6.92 Å². The molecular formula is C23H25F3N4O5. The number of aromatic nitrogens is 1. The maximum Gasteiger partial charge on any atom is 0.573 e. The third-order valence-electron chi connectivity index (χ3n) is 5.90. The molecule has 0 radical (unpaired) electrons. The molecule has 2 aliphatic rings. The average molecular weight is 494 g/mol. The van der Waals surface area contributed by atoms with Crippen molar-refractivity contribution in [3.05, 3.63) is 47.7 Å². The molecule has 0 aliphatic carbocycles. The van der Waals surface area contributed by atoms with Gasteiger partial charge in [0.1, 0.15) is 12.3 Å². The summed E-state index contributed by atoms with van der Waals surface area (Å²) in [7, 11) is 0. The number of benzene rings is 1. The normalized spacial score (nSPS) is 18.3. The van der Waals surface area contributed by atoms with Gasteiger partial charge in [0.15, 0.2) is 5.82 Å². The maximum atomic E-state index is 13.3. The van der Waals surface area contributed by atoms with Gasteiger partial charge in [-0.2, -0.15) is 0 Å². The van der Waals surface area contributed by atoms with Crippen molar-refractivity contribution in [2.75, 3.05) is 30.0 Å². The Morgan fingerprint density at radius 2 is 2.00 bits per heavy atom. The van der Waals surface area contributed by atoms with E-state index in [1.165, 1.54) is 17.0 Å². The second-order valence-corrected chi connectivity index (χ2v) is 8.68. The molecule has 2 aromatic rings. The van der Waals surface area contributed by atoms with Crippen molar-refractivity contribution in [2.24, 2.45) is 0 Å². The topological polar surface area (TPSA) is 113 Å². The van der Waals surface area contributed by atoms with Gasteiger partial charge < -0.3 is 25.2 Å². The highest BCUT2D eigenvalue weighted by molar-refractivity contribution is 6.08. The number of nitrogens with zero attached hydrogens (tertiary/aromatic N) is 2. The van der Waals surface area contributed by atoms with E-state index >= 15 is 0 Å². The summed E-state index contributed by atoms with van der Waals surface area (Å²) in [5, 5.41) is 16.6. The lowest BCUT2D eigenvalue weighted by molar-refractivity contribution is -0.274. The number of nitrogens with one attached hydrogen (secondary N) is 2. The summed E-state index contributed by atoms with van der Waals surface area (Å²) >= 11 is 0. The highest BCUT2D eigenvalue weighted by atomic mass is 19.4. The van der Waals surface area contributed by atoms with Gasteiger partial charge in [-0.25, -0.2) is 9.78 Å². The monoisotopic (exact) mass is 494 g/mol. The molecule has 3 N–H and O–H groups in total. The Morgan fingerprint density at radius 3 is 2.66 bits per heavy atom. The predicted molar refractivity (Wildman–Crippen MR) is 119 cm³/mol. The van der Waals surface area contributed by atoms with E-state index in [9.17, 15) is 27.9 Å². The van der Waals surface area contributed by atoms with Gasteiger partial charge in [-0.05, 0) is 49.1 Å². The smallest absolute Gasteiger partial charge is 0.406 e. The second-order valence-electron chi connectivity index (χ2n) is 8.68. The molecule has 2 aliphatic heterocycles. The molecule has 0 spiro atoms. The van der Waals surface area contributed by atoms with Crippen LogP contribution in [0.3, 0.4) is 0 Å². The quantitative estimate of drug-likeness (QED) is 0.587. The third kappa shape index (κ3) is 6.20. The van der Waals surface area contributed by atoms with E-state index < -0.39 is 35.7 Å². The number of carbonyl (C=O) groups is 2. The number of urea groups is 1. The minimum Gasteiger partial charge on any atom is -0.406 e. The largest absolute Gasteiger partial charge is 0.573 e. The van der Waals surface area contributed by atoms with Crippen LogP contribution in [0.5, 0.6) is 5.75 Å². The second kappa shape index (κ2) is 9.70. The van der Waals surface area contributed by atoms with Gasteiger partial charge in [-0.15, -0.1) is 13.2 Å². The number of ether oxygens (including phenoxy) is 2. The summed E-state index contributed by atoms with van der Waals surface area (Å²) in [6.07, 6.45) is -2.50. The van der Waals surface area contributed by atoms with Crippen molar-refractivity contribution in [2.45, 2.75) is 44.2 Å². The molecule has 1 aromatic heterocycles. The first-order chi connectivity index (χ1) is 16.5. The molecule has 1 aromatic carbocycles. The van der Waals surface area contributed by atoms with Gasteiger partial charge in [-0.1, -0.05) is 12.1 Å². The Labute approximate surface area is 199 Å². The predicted octanol–water partition coefficient (Wildman–Crippen LogP) is 3.43. The number of rotatable bonds is 5. The zero-order chi connectivity index (χ0) is 25.2. The number of alkyl halides is 3. The Morgan fingerprint density at radius 1 is 1.31 bits per heavy atom. The number of aliphatic hydroxyl groups is 1. The molecule has 0 bridgehead atoms. The molecular weight excluding hydrogens is 469 g/mol. The molecule has 9 nitrogen and oxygen atoms in total. The fourth-order valence-corrected chi connectivity index (χ4v) is 4.16. The summed E-state index contributed by atoms with van der Waals surface area (Å²) in [5.41, 5.74) is 0.507. The number of carbonyl (C=O) groups excluding carboxylic acids is 2. The first kappa shape index (κ1) is 24.7. The Hall–Kier alpha value is -3.38. The van der Waals surface area contributed by atoms with Crippen molar-refractivity contribution < 1.29 is 37.3 Å². The molecule has 4 rings (SSSR count). The number of halogens is 3. The van der Waals surface area contributed by atoms with Gasteiger partial charge in [0.2, 0.25) is 5.91 Å². The van der Waals surface area contributed by atoms with Crippen molar-refractivity contribution in [3.63, 3.8) is 0 Å². The zero-order valence-corrected chi connectivity index (χ0v) is 18.9. The number of hydrogen-bond acceptors (Lipinski definition) is 6. The van der Waals surface area contributed by atoms with E-state index in [2.05, 4.69) is 20.4 Å².